The second kappa shape index (κ2) is 4.53. The second-order valence-corrected chi connectivity index (χ2v) is 4.19. The summed E-state index contributed by atoms with van der Waals surface area (Å²) in [6.07, 6.45) is 3.58. The molecule has 0 aliphatic rings. The Balaban J connectivity index is 2.11. The molecule has 0 radical (unpaired) electrons. The first kappa shape index (κ1) is 11.4. The fourth-order valence-electron chi connectivity index (χ4n) is 2.02. The minimum atomic E-state index is -0.133. The number of aromatic amines is 1. The highest BCUT2D eigenvalue weighted by molar-refractivity contribution is 5.92. The number of hydrogen-bond donors (Lipinski definition) is 2. The zero-order valence-electron chi connectivity index (χ0n) is 10.3. The number of nitrogens with one attached hydrogen (secondary N) is 2. The highest BCUT2D eigenvalue weighted by atomic mass is 16.1. The van der Waals surface area contributed by atoms with Crippen molar-refractivity contribution in [3.05, 3.63) is 42.7 Å². The van der Waals surface area contributed by atoms with Gasteiger partial charge in [0.15, 0.2) is 0 Å². The molecule has 0 atom stereocenters. The molecule has 19 heavy (non-hydrogen) atoms. The molecule has 0 fully saturated rings. The first-order valence-electron chi connectivity index (χ1n) is 5.91. The van der Waals surface area contributed by atoms with E-state index in [-0.39, 0.29) is 5.91 Å². The number of H-pyrrole nitrogens is 1. The van der Waals surface area contributed by atoms with Crippen LogP contribution in [-0.2, 0) is 4.79 Å². The van der Waals surface area contributed by atoms with Crippen LogP contribution in [0.1, 0.15) is 6.92 Å². The standard InChI is InChI=1S/C14H12N4O/c1-9(19)17-13-4-2-3-12(18-13)10-5-7-15-14-11(10)6-8-16-14/h2-8H,1H3,(H,15,16)(H,17,18,19). The Morgan fingerprint density at radius 3 is 3.00 bits per heavy atom. The zero-order chi connectivity index (χ0) is 13.2. The quantitative estimate of drug-likeness (QED) is 0.736. The summed E-state index contributed by atoms with van der Waals surface area (Å²) < 4.78 is 0. The Morgan fingerprint density at radius 1 is 1.26 bits per heavy atom. The van der Waals surface area contributed by atoms with Crippen LogP contribution in [0.25, 0.3) is 22.3 Å². The van der Waals surface area contributed by atoms with Gasteiger partial charge >= 0.3 is 0 Å². The maximum absolute atomic E-state index is 11.1. The minimum absolute atomic E-state index is 0.133. The molecule has 5 heteroatoms. The Kier molecular flexibility index (Phi) is 2.72. The van der Waals surface area contributed by atoms with E-state index in [4.69, 9.17) is 0 Å². The van der Waals surface area contributed by atoms with E-state index in [1.807, 2.05) is 30.5 Å². The van der Waals surface area contributed by atoms with Gasteiger partial charge in [0.1, 0.15) is 11.5 Å². The van der Waals surface area contributed by atoms with E-state index in [2.05, 4.69) is 20.3 Å². The topological polar surface area (TPSA) is 70.7 Å². The first-order valence-corrected chi connectivity index (χ1v) is 5.91. The smallest absolute Gasteiger partial charge is 0.222 e. The molecule has 0 saturated carbocycles. The van der Waals surface area contributed by atoms with Crippen LogP contribution in [0, 0.1) is 0 Å². The van der Waals surface area contributed by atoms with Crippen molar-refractivity contribution in [2.75, 3.05) is 5.32 Å². The highest BCUT2D eigenvalue weighted by Gasteiger charge is 2.07. The molecule has 0 aliphatic carbocycles. The third-order valence-corrected chi connectivity index (χ3v) is 2.79. The Bertz CT molecular complexity index is 748. The molecular formula is C14H12N4O. The molecule has 94 valence electrons. The number of carbonyl (C=O) groups excluding carboxylic acids is 1. The van der Waals surface area contributed by atoms with E-state index in [1.165, 1.54) is 6.92 Å². The SMILES string of the molecule is CC(=O)Nc1cccc(-c2ccnc3[nH]ccc23)n1. The number of aromatic nitrogens is 3. The van der Waals surface area contributed by atoms with Crippen molar-refractivity contribution in [1.82, 2.24) is 15.0 Å². The van der Waals surface area contributed by atoms with Crippen molar-refractivity contribution in [2.24, 2.45) is 0 Å². The van der Waals surface area contributed by atoms with E-state index in [0.717, 1.165) is 22.3 Å². The summed E-state index contributed by atoms with van der Waals surface area (Å²) in [7, 11) is 0. The third kappa shape index (κ3) is 2.18. The van der Waals surface area contributed by atoms with Crippen molar-refractivity contribution in [3.63, 3.8) is 0 Å². The predicted molar refractivity (Wildman–Crippen MR) is 73.6 cm³/mol. The van der Waals surface area contributed by atoms with Crippen LogP contribution < -0.4 is 5.32 Å². The Morgan fingerprint density at radius 2 is 2.16 bits per heavy atom. The molecule has 3 aromatic heterocycles. The molecule has 3 heterocycles. The lowest BCUT2D eigenvalue weighted by Crippen LogP contribution is -2.07. The average molecular weight is 252 g/mol. The van der Waals surface area contributed by atoms with Gasteiger partial charge in [0, 0.05) is 30.3 Å². The number of hydrogen-bond acceptors (Lipinski definition) is 3. The lowest BCUT2D eigenvalue weighted by molar-refractivity contribution is -0.114. The van der Waals surface area contributed by atoms with Gasteiger partial charge in [-0.05, 0) is 24.3 Å². The van der Waals surface area contributed by atoms with Crippen LogP contribution in [-0.4, -0.2) is 20.9 Å². The number of amides is 1. The van der Waals surface area contributed by atoms with Gasteiger partial charge in [-0.25, -0.2) is 9.97 Å². The van der Waals surface area contributed by atoms with E-state index in [1.54, 1.807) is 12.3 Å². The van der Waals surface area contributed by atoms with Crippen molar-refractivity contribution in [1.29, 1.82) is 0 Å². The summed E-state index contributed by atoms with van der Waals surface area (Å²) in [4.78, 5) is 22.8. The maximum Gasteiger partial charge on any atom is 0.222 e. The number of carbonyl (C=O) groups is 1. The van der Waals surface area contributed by atoms with Crippen molar-refractivity contribution >= 4 is 22.8 Å². The first-order chi connectivity index (χ1) is 9.24. The summed E-state index contributed by atoms with van der Waals surface area (Å²) in [5.41, 5.74) is 2.61. The second-order valence-electron chi connectivity index (χ2n) is 4.19. The van der Waals surface area contributed by atoms with Gasteiger partial charge in [0.25, 0.3) is 0 Å². The molecule has 3 rings (SSSR count). The summed E-state index contributed by atoms with van der Waals surface area (Å²) in [6.45, 7) is 1.46. The zero-order valence-corrected chi connectivity index (χ0v) is 10.3. The molecule has 0 saturated heterocycles. The van der Waals surface area contributed by atoms with Crippen LogP contribution in [0.3, 0.4) is 0 Å². The van der Waals surface area contributed by atoms with Crippen LogP contribution in [0.15, 0.2) is 42.7 Å². The minimum Gasteiger partial charge on any atom is -0.346 e. The Labute approximate surface area is 109 Å². The van der Waals surface area contributed by atoms with E-state index >= 15 is 0 Å². The molecule has 3 aromatic rings. The normalized spacial score (nSPS) is 10.6. The van der Waals surface area contributed by atoms with Crippen LogP contribution in [0.4, 0.5) is 5.82 Å². The van der Waals surface area contributed by atoms with Gasteiger partial charge < -0.3 is 10.3 Å². The van der Waals surface area contributed by atoms with Gasteiger partial charge in [-0.2, -0.15) is 0 Å². The summed E-state index contributed by atoms with van der Waals surface area (Å²) in [5, 5.41) is 3.69. The molecule has 0 bridgehead atoms. The molecule has 2 N–H and O–H groups in total. The van der Waals surface area contributed by atoms with Crippen molar-refractivity contribution < 1.29 is 4.79 Å². The fourth-order valence-corrected chi connectivity index (χ4v) is 2.02. The third-order valence-electron chi connectivity index (χ3n) is 2.79. The molecule has 0 aromatic carbocycles. The van der Waals surface area contributed by atoms with Crippen LogP contribution >= 0.6 is 0 Å². The molecule has 0 unspecified atom stereocenters. The van der Waals surface area contributed by atoms with Gasteiger partial charge in [0.2, 0.25) is 5.91 Å². The number of fused-ring (bicyclic) bond motifs is 1. The van der Waals surface area contributed by atoms with E-state index in [9.17, 15) is 4.79 Å². The van der Waals surface area contributed by atoms with Gasteiger partial charge in [-0.3, -0.25) is 4.79 Å². The number of nitrogens with zero attached hydrogens (tertiary/aromatic N) is 2. The monoisotopic (exact) mass is 252 g/mol. The van der Waals surface area contributed by atoms with Gasteiger partial charge in [0.05, 0.1) is 5.69 Å². The molecule has 5 nitrogen and oxygen atoms in total. The van der Waals surface area contributed by atoms with Crippen LogP contribution in [0.5, 0.6) is 0 Å². The molecule has 1 amide bonds. The number of pyridine rings is 2. The summed E-state index contributed by atoms with van der Waals surface area (Å²) in [6, 6.07) is 9.42. The maximum atomic E-state index is 11.1. The van der Waals surface area contributed by atoms with Crippen LogP contribution in [0.2, 0.25) is 0 Å². The lowest BCUT2D eigenvalue weighted by atomic mass is 10.1. The lowest BCUT2D eigenvalue weighted by Gasteiger charge is -2.05. The Hall–Kier alpha value is -2.69. The number of rotatable bonds is 2. The molecule has 0 spiro atoms. The average Bonchev–Trinajstić information content (AvgIpc) is 2.86. The highest BCUT2D eigenvalue weighted by Crippen LogP contribution is 2.26. The summed E-state index contributed by atoms with van der Waals surface area (Å²) >= 11 is 0. The number of anilines is 1. The van der Waals surface area contributed by atoms with Gasteiger partial charge in [-0.1, -0.05) is 6.07 Å². The van der Waals surface area contributed by atoms with Gasteiger partial charge in [-0.15, -0.1) is 0 Å². The fraction of sp³-hybridized carbons (Fsp3) is 0.0714. The summed E-state index contributed by atoms with van der Waals surface area (Å²) in [5.74, 6) is 0.414. The van der Waals surface area contributed by atoms with E-state index in [0.29, 0.717) is 5.82 Å². The molecular weight excluding hydrogens is 240 g/mol. The van der Waals surface area contributed by atoms with E-state index < -0.39 is 0 Å². The predicted octanol–water partition coefficient (Wildman–Crippen LogP) is 2.58. The van der Waals surface area contributed by atoms with Crippen molar-refractivity contribution in [3.8, 4) is 11.3 Å². The largest absolute Gasteiger partial charge is 0.346 e. The molecule has 0 aliphatic heterocycles. The van der Waals surface area contributed by atoms with Crippen molar-refractivity contribution in [2.45, 2.75) is 6.92 Å².